The average molecular weight is 360 g/mol. The number of hydrogen-bond acceptors (Lipinski definition) is 6. The van der Waals surface area contributed by atoms with Crippen LogP contribution in [0.5, 0.6) is 0 Å². The summed E-state index contributed by atoms with van der Waals surface area (Å²) in [5.41, 5.74) is 1.24. The number of carbonyl (C=O) groups is 1. The van der Waals surface area contributed by atoms with E-state index in [-0.39, 0.29) is 12.5 Å². The average Bonchev–Trinajstić information content (AvgIpc) is 3.03. The molecule has 0 aliphatic carbocycles. The Bertz CT molecular complexity index is 772. The van der Waals surface area contributed by atoms with Gasteiger partial charge in [0.1, 0.15) is 0 Å². The summed E-state index contributed by atoms with van der Waals surface area (Å²) in [6, 6.07) is 10.6. The Morgan fingerprint density at radius 3 is 2.59 bits per heavy atom. The molecule has 2 aromatic heterocycles. The molecule has 0 spiro atoms. The zero-order chi connectivity index (χ0) is 15.4. The number of ether oxygens (including phenoxy) is 1. The Morgan fingerprint density at radius 1 is 1.14 bits per heavy atom. The summed E-state index contributed by atoms with van der Waals surface area (Å²) in [7, 11) is 0. The minimum absolute atomic E-state index is 0.0787. The van der Waals surface area contributed by atoms with Crippen LogP contribution in [0.2, 0.25) is 0 Å². The number of aromatic nitrogens is 3. The number of esters is 1. The van der Waals surface area contributed by atoms with E-state index >= 15 is 0 Å². The maximum absolute atomic E-state index is 11.8. The van der Waals surface area contributed by atoms with E-state index in [1.165, 1.54) is 12.4 Å². The van der Waals surface area contributed by atoms with Crippen molar-refractivity contribution in [3.63, 3.8) is 0 Å². The van der Waals surface area contributed by atoms with Crippen molar-refractivity contribution in [2.75, 3.05) is 0 Å². The van der Waals surface area contributed by atoms with E-state index in [0.29, 0.717) is 11.4 Å². The topological polar surface area (TPSA) is 78.1 Å². The molecule has 7 heteroatoms. The van der Waals surface area contributed by atoms with Gasteiger partial charge in [-0.15, -0.1) is 0 Å². The molecule has 110 valence electrons. The van der Waals surface area contributed by atoms with Gasteiger partial charge in [0.15, 0.2) is 6.61 Å². The summed E-state index contributed by atoms with van der Waals surface area (Å²) in [5.74, 6) is 0.216. The Hall–Kier alpha value is -2.54. The van der Waals surface area contributed by atoms with Crippen molar-refractivity contribution in [2.45, 2.75) is 6.61 Å². The SMILES string of the molecule is O=C(OCc1nc(-c2ccc(Br)cc2)no1)c1ccncc1. The van der Waals surface area contributed by atoms with Crippen LogP contribution in [-0.2, 0) is 11.3 Å². The van der Waals surface area contributed by atoms with Crippen LogP contribution in [0.15, 0.2) is 57.8 Å². The van der Waals surface area contributed by atoms with E-state index in [2.05, 4.69) is 31.1 Å². The highest BCUT2D eigenvalue weighted by molar-refractivity contribution is 9.10. The predicted molar refractivity (Wildman–Crippen MR) is 80.8 cm³/mol. The molecule has 3 aromatic rings. The zero-order valence-corrected chi connectivity index (χ0v) is 12.9. The first-order chi connectivity index (χ1) is 10.7. The van der Waals surface area contributed by atoms with Gasteiger partial charge in [0.25, 0.3) is 5.89 Å². The number of carbonyl (C=O) groups excluding carboxylic acids is 1. The van der Waals surface area contributed by atoms with Gasteiger partial charge in [0, 0.05) is 22.4 Å². The molecule has 6 nitrogen and oxygen atoms in total. The van der Waals surface area contributed by atoms with Crippen molar-refractivity contribution in [3.05, 3.63) is 64.7 Å². The Kier molecular flexibility index (Phi) is 4.24. The summed E-state index contributed by atoms with van der Waals surface area (Å²) >= 11 is 3.36. The molecule has 0 atom stereocenters. The number of nitrogens with zero attached hydrogens (tertiary/aromatic N) is 3. The molecule has 0 radical (unpaired) electrons. The van der Waals surface area contributed by atoms with Crippen molar-refractivity contribution < 1.29 is 14.1 Å². The lowest BCUT2D eigenvalue weighted by molar-refractivity contribution is 0.0429. The van der Waals surface area contributed by atoms with Gasteiger partial charge < -0.3 is 9.26 Å². The van der Waals surface area contributed by atoms with E-state index in [4.69, 9.17) is 9.26 Å². The molecule has 0 saturated heterocycles. The van der Waals surface area contributed by atoms with Gasteiger partial charge in [-0.3, -0.25) is 4.98 Å². The van der Waals surface area contributed by atoms with Gasteiger partial charge in [-0.25, -0.2) is 4.79 Å². The maximum atomic E-state index is 11.8. The molecular weight excluding hydrogens is 350 g/mol. The first-order valence-electron chi connectivity index (χ1n) is 6.38. The second-order valence-corrected chi connectivity index (χ2v) is 5.25. The Morgan fingerprint density at radius 2 is 1.86 bits per heavy atom. The molecule has 0 bridgehead atoms. The summed E-state index contributed by atoms with van der Waals surface area (Å²) < 4.78 is 11.1. The second kappa shape index (κ2) is 6.48. The summed E-state index contributed by atoms with van der Waals surface area (Å²) in [5, 5.41) is 3.86. The molecule has 0 fully saturated rings. The lowest BCUT2D eigenvalue weighted by atomic mass is 10.2. The van der Waals surface area contributed by atoms with Crippen LogP contribution < -0.4 is 0 Å². The maximum Gasteiger partial charge on any atom is 0.338 e. The van der Waals surface area contributed by atoms with E-state index < -0.39 is 5.97 Å². The van der Waals surface area contributed by atoms with Crippen LogP contribution in [0.1, 0.15) is 16.2 Å². The largest absolute Gasteiger partial charge is 0.452 e. The van der Waals surface area contributed by atoms with E-state index in [1.54, 1.807) is 12.1 Å². The standard InChI is InChI=1S/C15H10BrN3O3/c16-12-3-1-10(2-4-12)14-18-13(22-19-14)9-21-15(20)11-5-7-17-8-6-11/h1-8H,9H2. The molecule has 2 heterocycles. The van der Waals surface area contributed by atoms with Crippen molar-refractivity contribution >= 4 is 21.9 Å². The summed E-state index contributed by atoms with van der Waals surface area (Å²) in [6.45, 7) is -0.0787. The van der Waals surface area contributed by atoms with Crippen LogP contribution in [0.4, 0.5) is 0 Å². The van der Waals surface area contributed by atoms with Crippen LogP contribution >= 0.6 is 15.9 Å². The minimum atomic E-state index is -0.467. The van der Waals surface area contributed by atoms with E-state index in [9.17, 15) is 4.79 Å². The quantitative estimate of drug-likeness (QED) is 0.665. The molecule has 0 N–H and O–H groups in total. The summed E-state index contributed by atoms with van der Waals surface area (Å²) in [4.78, 5) is 19.8. The van der Waals surface area contributed by atoms with Crippen molar-refractivity contribution in [2.24, 2.45) is 0 Å². The first-order valence-corrected chi connectivity index (χ1v) is 7.17. The third-order valence-electron chi connectivity index (χ3n) is 2.81. The number of rotatable bonds is 4. The second-order valence-electron chi connectivity index (χ2n) is 4.33. The highest BCUT2D eigenvalue weighted by Gasteiger charge is 2.12. The third kappa shape index (κ3) is 3.37. The lowest BCUT2D eigenvalue weighted by Crippen LogP contribution is -2.05. The van der Waals surface area contributed by atoms with Crippen LogP contribution in [0.3, 0.4) is 0 Å². The van der Waals surface area contributed by atoms with Crippen LogP contribution in [-0.4, -0.2) is 21.1 Å². The predicted octanol–water partition coefficient (Wildman–Crippen LogP) is 3.25. The molecule has 0 unspecified atom stereocenters. The molecule has 0 aliphatic heterocycles. The van der Waals surface area contributed by atoms with Gasteiger partial charge in [0.2, 0.25) is 5.82 Å². The molecule has 1 aromatic carbocycles. The number of halogens is 1. The number of pyridine rings is 1. The smallest absolute Gasteiger partial charge is 0.338 e. The van der Waals surface area contributed by atoms with Gasteiger partial charge in [-0.05, 0) is 36.4 Å². The monoisotopic (exact) mass is 359 g/mol. The highest BCUT2D eigenvalue weighted by atomic mass is 79.9. The van der Waals surface area contributed by atoms with Gasteiger partial charge >= 0.3 is 5.97 Å². The number of benzene rings is 1. The Labute approximate surface area is 134 Å². The fraction of sp³-hybridized carbons (Fsp3) is 0.0667. The van der Waals surface area contributed by atoms with Gasteiger partial charge in [-0.1, -0.05) is 21.1 Å². The van der Waals surface area contributed by atoms with Crippen molar-refractivity contribution in [3.8, 4) is 11.4 Å². The molecule has 3 rings (SSSR count). The number of hydrogen-bond donors (Lipinski definition) is 0. The van der Waals surface area contributed by atoms with Crippen molar-refractivity contribution in [1.82, 2.24) is 15.1 Å². The lowest BCUT2D eigenvalue weighted by Gasteiger charge is -2.00. The van der Waals surface area contributed by atoms with Crippen LogP contribution in [0, 0.1) is 0 Å². The third-order valence-corrected chi connectivity index (χ3v) is 3.34. The fourth-order valence-corrected chi connectivity index (χ4v) is 1.99. The molecule has 0 saturated carbocycles. The minimum Gasteiger partial charge on any atom is -0.452 e. The van der Waals surface area contributed by atoms with Crippen molar-refractivity contribution in [1.29, 1.82) is 0 Å². The zero-order valence-electron chi connectivity index (χ0n) is 11.3. The molecule has 0 aliphatic rings. The Balaban J connectivity index is 1.65. The van der Waals surface area contributed by atoms with E-state index in [0.717, 1.165) is 10.0 Å². The molecule has 22 heavy (non-hydrogen) atoms. The van der Waals surface area contributed by atoms with Gasteiger partial charge in [-0.2, -0.15) is 4.98 Å². The fourth-order valence-electron chi connectivity index (χ4n) is 1.73. The molecular formula is C15H10BrN3O3. The normalized spacial score (nSPS) is 10.4. The summed E-state index contributed by atoms with van der Waals surface area (Å²) in [6.07, 6.45) is 3.05. The first kappa shape index (κ1) is 14.4. The van der Waals surface area contributed by atoms with Crippen LogP contribution in [0.25, 0.3) is 11.4 Å². The van der Waals surface area contributed by atoms with Gasteiger partial charge in [0.05, 0.1) is 5.56 Å². The highest BCUT2D eigenvalue weighted by Crippen LogP contribution is 2.19. The van der Waals surface area contributed by atoms with E-state index in [1.807, 2.05) is 24.3 Å². The molecule has 0 amide bonds.